The van der Waals surface area contributed by atoms with Gasteiger partial charge in [-0.2, -0.15) is 0 Å². The van der Waals surface area contributed by atoms with Gasteiger partial charge < -0.3 is 10.6 Å². The highest BCUT2D eigenvalue weighted by molar-refractivity contribution is 6.25. The molecule has 3 heteroatoms. The van der Waals surface area contributed by atoms with Crippen LogP contribution >= 0.6 is 0 Å². The lowest BCUT2D eigenvalue weighted by atomic mass is 9.92. The van der Waals surface area contributed by atoms with Gasteiger partial charge in [-0.05, 0) is 38.4 Å². The quantitative estimate of drug-likeness (QED) is 0.535. The number of carbonyl (C=O) groups is 1. The maximum Gasteiger partial charge on any atom is 0.336 e. The molecule has 0 saturated heterocycles. The second-order valence-electron chi connectivity index (χ2n) is 4.77. The molecule has 3 nitrogen and oxygen atoms in total. The minimum absolute atomic E-state index is 0. The predicted molar refractivity (Wildman–Crippen MR) is 80.7 cm³/mol. The molecule has 3 N–H and O–H groups in total. The number of aromatic carboxylic acids is 1. The Hall–Kier alpha value is -2.65. The van der Waals surface area contributed by atoms with E-state index < -0.39 is 5.97 Å². The van der Waals surface area contributed by atoms with Crippen molar-refractivity contribution in [3.63, 3.8) is 0 Å². The summed E-state index contributed by atoms with van der Waals surface area (Å²) in [5, 5.41) is 15.7. The van der Waals surface area contributed by atoms with E-state index in [1.807, 2.05) is 24.3 Å². The number of carboxylic acid groups (broad SMARTS) is 1. The van der Waals surface area contributed by atoms with Gasteiger partial charge in [0.05, 0.1) is 5.56 Å². The van der Waals surface area contributed by atoms with Gasteiger partial charge in [-0.1, -0.05) is 48.5 Å². The molecule has 0 aliphatic carbocycles. The van der Waals surface area contributed by atoms with Gasteiger partial charge in [-0.3, -0.25) is 0 Å². The summed E-state index contributed by atoms with van der Waals surface area (Å²) in [7, 11) is 0. The number of rotatable bonds is 1. The number of carboxylic acids is 1. The van der Waals surface area contributed by atoms with Gasteiger partial charge in [0, 0.05) is 0 Å². The molecule has 4 aromatic rings. The molecule has 0 fully saturated rings. The molecule has 0 heterocycles. The van der Waals surface area contributed by atoms with E-state index in [1.54, 1.807) is 6.07 Å². The third-order valence-corrected chi connectivity index (χ3v) is 3.76. The molecule has 0 amide bonds. The zero-order chi connectivity index (χ0) is 13.0. The molecule has 0 aromatic heterocycles. The SMILES string of the molecule is O.O=C(O)c1ccc2ccc3cccc4ccc1c2c34. The topological polar surface area (TPSA) is 68.8 Å². The smallest absolute Gasteiger partial charge is 0.336 e. The number of benzene rings is 4. The molecule has 0 atom stereocenters. The second kappa shape index (κ2) is 4.18. The van der Waals surface area contributed by atoms with Crippen molar-refractivity contribution >= 4 is 38.3 Å². The van der Waals surface area contributed by atoms with Gasteiger partial charge >= 0.3 is 5.97 Å². The average molecular weight is 264 g/mol. The largest absolute Gasteiger partial charge is 0.478 e. The Kier molecular flexibility index (Phi) is 2.59. The van der Waals surface area contributed by atoms with E-state index in [4.69, 9.17) is 0 Å². The molecular formula is C17H12O3. The van der Waals surface area contributed by atoms with Gasteiger partial charge in [-0.15, -0.1) is 0 Å². The summed E-state index contributed by atoms with van der Waals surface area (Å²) in [6, 6.07) is 17.8. The van der Waals surface area contributed by atoms with Crippen LogP contribution in [-0.2, 0) is 0 Å². The summed E-state index contributed by atoms with van der Waals surface area (Å²) in [5.41, 5.74) is 0.366. The molecule has 20 heavy (non-hydrogen) atoms. The van der Waals surface area contributed by atoms with Crippen molar-refractivity contribution < 1.29 is 15.4 Å². The number of hydrogen-bond donors (Lipinski definition) is 1. The van der Waals surface area contributed by atoms with Crippen LogP contribution in [0.2, 0.25) is 0 Å². The lowest BCUT2D eigenvalue weighted by Gasteiger charge is -2.11. The summed E-state index contributed by atoms with van der Waals surface area (Å²) in [4.78, 5) is 11.3. The summed E-state index contributed by atoms with van der Waals surface area (Å²) in [6.45, 7) is 0. The van der Waals surface area contributed by atoms with Crippen molar-refractivity contribution in [2.24, 2.45) is 0 Å². The Balaban J connectivity index is 0.00000121. The second-order valence-corrected chi connectivity index (χ2v) is 4.77. The van der Waals surface area contributed by atoms with Gasteiger partial charge in [0.2, 0.25) is 0 Å². The van der Waals surface area contributed by atoms with Crippen molar-refractivity contribution in [3.05, 3.63) is 60.2 Å². The van der Waals surface area contributed by atoms with E-state index in [0.717, 1.165) is 32.3 Å². The summed E-state index contributed by atoms with van der Waals surface area (Å²) in [5.74, 6) is -0.877. The van der Waals surface area contributed by atoms with Crippen LogP contribution in [0.3, 0.4) is 0 Å². The molecule has 98 valence electrons. The molecular weight excluding hydrogens is 252 g/mol. The van der Waals surface area contributed by atoms with Gasteiger partial charge in [-0.25, -0.2) is 4.79 Å². The minimum atomic E-state index is -0.877. The first-order chi connectivity index (χ1) is 9.25. The molecule has 0 unspecified atom stereocenters. The van der Waals surface area contributed by atoms with E-state index in [2.05, 4.69) is 24.3 Å². The van der Waals surface area contributed by atoms with Crippen LogP contribution in [0, 0.1) is 0 Å². The Morgan fingerprint density at radius 2 is 1.30 bits per heavy atom. The molecule has 0 bridgehead atoms. The molecule has 0 spiro atoms. The molecule has 0 aliphatic rings. The highest BCUT2D eigenvalue weighted by Gasteiger charge is 2.13. The van der Waals surface area contributed by atoms with Crippen LogP contribution < -0.4 is 0 Å². The summed E-state index contributed by atoms with van der Waals surface area (Å²) in [6.07, 6.45) is 0. The first-order valence-corrected chi connectivity index (χ1v) is 6.15. The Bertz CT molecular complexity index is 925. The zero-order valence-electron chi connectivity index (χ0n) is 10.6. The van der Waals surface area contributed by atoms with E-state index in [9.17, 15) is 9.90 Å². The maximum atomic E-state index is 11.3. The van der Waals surface area contributed by atoms with Crippen molar-refractivity contribution in [1.82, 2.24) is 0 Å². The van der Waals surface area contributed by atoms with Crippen LogP contribution in [0.5, 0.6) is 0 Å². The van der Waals surface area contributed by atoms with Crippen LogP contribution in [0.4, 0.5) is 0 Å². The fourth-order valence-electron chi connectivity index (χ4n) is 2.92. The highest BCUT2D eigenvalue weighted by atomic mass is 16.4. The number of hydrogen-bond acceptors (Lipinski definition) is 1. The van der Waals surface area contributed by atoms with E-state index in [-0.39, 0.29) is 5.48 Å². The Morgan fingerprint density at radius 1 is 0.750 bits per heavy atom. The Morgan fingerprint density at radius 3 is 1.95 bits per heavy atom. The molecule has 4 rings (SSSR count). The molecule has 4 aromatic carbocycles. The standard InChI is InChI=1S/C17H10O2.H2O/c18-17(19)14-9-7-12-5-4-10-2-1-3-11-6-8-13(14)16(12)15(10)11;/h1-9H,(H,18,19);1H2. The van der Waals surface area contributed by atoms with Gasteiger partial charge in [0.25, 0.3) is 0 Å². The zero-order valence-corrected chi connectivity index (χ0v) is 10.6. The van der Waals surface area contributed by atoms with Crippen molar-refractivity contribution in [2.45, 2.75) is 0 Å². The molecule has 0 aliphatic heterocycles. The van der Waals surface area contributed by atoms with Crippen molar-refractivity contribution in [1.29, 1.82) is 0 Å². The van der Waals surface area contributed by atoms with Crippen molar-refractivity contribution in [2.75, 3.05) is 0 Å². The molecule has 0 radical (unpaired) electrons. The lowest BCUT2D eigenvalue weighted by molar-refractivity contribution is 0.0699. The minimum Gasteiger partial charge on any atom is -0.478 e. The molecule has 0 saturated carbocycles. The van der Waals surface area contributed by atoms with Gasteiger partial charge in [0.1, 0.15) is 0 Å². The fraction of sp³-hybridized carbons (Fsp3) is 0. The lowest BCUT2D eigenvalue weighted by Crippen LogP contribution is -1.98. The monoisotopic (exact) mass is 264 g/mol. The van der Waals surface area contributed by atoms with Crippen LogP contribution in [0.25, 0.3) is 32.3 Å². The third-order valence-electron chi connectivity index (χ3n) is 3.76. The Labute approximate surface area is 114 Å². The first-order valence-electron chi connectivity index (χ1n) is 6.15. The fourth-order valence-corrected chi connectivity index (χ4v) is 2.92. The average Bonchev–Trinajstić information content (AvgIpc) is 2.44. The summed E-state index contributed by atoms with van der Waals surface area (Å²) < 4.78 is 0. The van der Waals surface area contributed by atoms with Crippen molar-refractivity contribution in [3.8, 4) is 0 Å². The third kappa shape index (κ3) is 1.47. The van der Waals surface area contributed by atoms with Crippen LogP contribution in [0.1, 0.15) is 10.4 Å². The van der Waals surface area contributed by atoms with E-state index in [1.165, 1.54) is 0 Å². The van der Waals surface area contributed by atoms with E-state index >= 15 is 0 Å². The van der Waals surface area contributed by atoms with Crippen LogP contribution in [-0.4, -0.2) is 16.6 Å². The highest BCUT2D eigenvalue weighted by Crippen LogP contribution is 2.35. The predicted octanol–water partition coefficient (Wildman–Crippen LogP) is 3.46. The first kappa shape index (κ1) is 12.4. The van der Waals surface area contributed by atoms with Crippen LogP contribution in [0.15, 0.2) is 54.6 Å². The van der Waals surface area contributed by atoms with E-state index in [0.29, 0.717) is 5.56 Å². The van der Waals surface area contributed by atoms with Gasteiger partial charge in [0.15, 0.2) is 0 Å². The summed E-state index contributed by atoms with van der Waals surface area (Å²) >= 11 is 0. The maximum absolute atomic E-state index is 11.3. The normalized spacial score (nSPS) is 11.0.